The molecule has 0 aliphatic rings. The molecule has 0 bridgehead atoms. The van der Waals surface area contributed by atoms with Crippen LogP contribution in [0.25, 0.3) is 0 Å². The minimum absolute atomic E-state index is 0.0525. The summed E-state index contributed by atoms with van der Waals surface area (Å²) in [6, 6.07) is 6.71. The number of likely N-dealkylation sites (N-methyl/N-ethyl adjacent to an activating group) is 2. The average Bonchev–Trinajstić information content (AvgIpc) is 2.84. The van der Waals surface area contributed by atoms with Crippen LogP contribution in [0.5, 0.6) is 11.8 Å². The van der Waals surface area contributed by atoms with Gasteiger partial charge in [-0.2, -0.15) is 0 Å². The fourth-order valence-corrected chi connectivity index (χ4v) is 4.18. The number of hydrogen-bond acceptors (Lipinski definition) is 6. The minimum Gasteiger partial charge on any atom is -0.421 e. The van der Waals surface area contributed by atoms with Crippen LogP contribution in [0.4, 0.5) is 4.39 Å². The lowest BCUT2D eigenvalue weighted by molar-refractivity contribution is 0.183. The molecule has 9 heteroatoms. The predicted octanol–water partition coefficient (Wildman–Crippen LogP) is 6.42. The van der Waals surface area contributed by atoms with Gasteiger partial charge in [-0.25, -0.2) is 19.4 Å². The summed E-state index contributed by atoms with van der Waals surface area (Å²) in [5.41, 5.74) is 12.5. The van der Waals surface area contributed by atoms with Crippen LogP contribution in [0.15, 0.2) is 71.8 Å². The van der Waals surface area contributed by atoms with Gasteiger partial charge in [-0.15, -0.1) is 5.54 Å². The van der Waals surface area contributed by atoms with Gasteiger partial charge >= 0.3 is 6.01 Å². The maximum atomic E-state index is 15.1. The highest BCUT2D eigenvalue weighted by Gasteiger charge is 2.34. The molecule has 2 N–H and O–H groups in total. The Hall–Kier alpha value is -3.90. The van der Waals surface area contributed by atoms with Crippen LogP contribution in [0.2, 0.25) is 18.1 Å². The Labute approximate surface area is 240 Å². The van der Waals surface area contributed by atoms with E-state index in [1.165, 1.54) is 6.07 Å². The van der Waals surface area contributed by atoms with E-state index in [2.05, 4.69) is 78.3 Å². The Balaban J connectivity index is 2.47. The van der Waals surface area contributed by atoms with E-state index in [1.54, 1.807) is 24.7 Å². The molecule has 1 aromatic heterocycles. The van der Waals surface area contributed by atoms with Crippen LogP contribution in [0, 0.1) is 24.2 Å². The van der Waals surface area contributed by atoms with E-state index in [0.29, 0.717) is 6.42 Å². The molecule has 0 radical (unpaired) electrons. The first-order valence-electron chi connectivity index (χ1n) is 13.1. The summed E-state index contributed by atoms with van der Waals surface area (Å²) in [4.78, 5) is 16.4. The number of hydrogen-bond donors (Lipinski definition) is 1. The molecule has 1 unspecified atom stereocenters. The van der Waals surface area contributed by atoms with Crippen molar-refractivity contribution >= 4 is 14.4 Å². The molecule has 0 spiro atoms. The van der Waals surface area contributed by atoms with E-state index in [9.17, 15) is 0 Å². The molecule has 1 heterocycles. The summed E-state index contributed by atoms with van der Waals surface area (Å²) in [5, 5.41) is 0.113. The fourth-order valence-electron chi connectivity index (χ4n) is 3.36. The lowest BCUT2D eigenvalue weighted by atomic mass is 10.1. The number of rotatable bonds is 10. The van der Waals surface area contributed by atoms with E-state index < -0.39 is 13.9 Å². The number of aliphatic imine (C=N–C) groups is 1. The lowest BCUT2D eigenvalue weighted by Gasteiger charge is -2.36. The monoisotopic (exact) mass is 562 g/mol. The van der Waals surface area contributed by atoms with Gasteiger partial charge in [0.25, 0.3) is 0 Å². The van der Waals surface area contributed by atoms with Crippen molar-refractivity contribution in [2.45, 2.75) is 65.3 Å². The van der Waals surface area contributed by atoms with Crippen LogP contribution in [0.3, 0.4) is 0 Å². The highest BCUT2D eigenvalue weighted by molar-refractivity contribution is 6.87. The Morgan fingerprint density at radius 1 is 1.25 bits per heavy atom. The second-order valence-corrected chi connectivity index (χ2v) is 16.5. The minimum atomic E-state index is -1.88. The third-order valence-electron chi connectivity index (χ3n) is 6.85. The summed E-state index contributed by atoms with van der Waals surface area (Å²) < 4.78 is 20.7. The van der Waals surface area contributed by atoms with Crippen molar-refractivity contribution in [3.05, 3.63) is 83.9 Å². The van der Waals surface area contributed by atoms with Crippen molar-refractivity contribution in [3.63, 3.8) is 0 Å². The molecule has 7 nitrogen and oxygen atoms in total. The Bertz CT molecular complexity index is 1350. The van der Waals surface area contributed by atoms with Crippen molar-refractivity contribution in [3.8, 4) is 23.2 Å². The van der Waals surface area contributed by atoms with Gasteiger partial charge in [0, 0.05) is 32.4 Å². The average molecular weight is 563 g/mol. The highest BCUT2D eigenvalue weighted by atomic mass is 28.3. The summed E-state index contributed by atoms with van der Waals surface area (Å²) in [5.74, 6) is 3.19. The third-order valence-corrected chi connectivity index (χ3v) is 11.4. The topological polar surface area (TPSA) is 79.9 Å². The molecule has 2 rings (SSSR count). The van der Waals surface area contributed by atoms with E-state index in [1.807, 2.05) is 45.0 Å². The van der Waals surface area contributed by atoms with E-state index in [0.717, 1.165) is 22.5 Å². The number of nitrogens with two attached hydrogens (primary N) is 1. The number of aromatic nitrogens is 2. The molecular formula is C31H43FN6OSi. The van der Waals surface area contributed by atoms with Crippen LogP contribution in [-0.2, 0) is 6.42 Å². The van der Waals surface area contributed by atoms with Crippen LogP contribution < -0.4 is 10.5 Å². The van der Waals surface area contributed by atoms with Crippen LogP contribution >= 0.6 is 0 Å². The third kappa shape index (κ3) is 9.38. The maximum Gasteiger partial charge on any atom is 0.322 e. The van der Waals surface area contributed by atoms with Gasteiger partial charge in [-0.1, -0.05) is 64.6 Å². The zero-order valence-corrected chi connectivity index (χ0v) is 26.3. The molecule has 0 saturated heterocycles. The van der Waals surface area contributed by atoms with Gasteiger partial charge in [-0.05, 0) is 48.7 Å². The normalized spacial score (nSPS) is 12.9. The summed E-state index contributed by atoms with van der Waals surface area (Å²) >= 11 is 0. The summed E-state index contributed by atoms with van der Waals surface area (Å²) in [7, 11) is 1.97. The second kappa shape index (κ2) is 13.4. The lowest BCUT2D eigenvalue weighted by Crippen LogP contribution is -2.45. The zero-order valence-electron chi connectivity index (χ0n) is 25.3. The molecule has 1 aromatic carbocycles. The molecule has 0 fully saturated rings. The zero-order chi connectivity index (χ0) is 30.3. The molecule has 1 atom stereocenters. The first-order chi connectivity index (χ1) is 18.5. The molecule has 0 aliphatic heterocycles. The van der Waals surface area contributed by atoms with E-state index >= 15 is 4.39 Å². The fraction of sp³-hybridized carbons (Fsp3) is 0.387. The molecule has 214 valence electrons. The first kappa shape index (κ1) is 32.3. The van der Waals surface area contributed by atoms with Crippen molar-refractivity contribution in [1.29, 1.82) is 0 Å². The van der Waals surface area contributed by atoms with Crippen molar-refractivity contribution in [2.75, 3.05) is 14.1 Å². The predicted molar refractivity (Wildman–Crippen MR) is 166 cm³/mol. The van der Waals surface area contributed by atoms with Gasteiger partial charge in [0.15, 0.2) is 11.6 Å². The number of benzene rings is 1. The van der Waals surface area contributed by atoms with Gasteiger partial charge in [0.1, 0.15) is 20.1 Å². The van der Waals surface area contributed by atoms with Gasteiger partial charge in [0.2, 0.25) is 0 Å². The standard InChI is InChI=1S/C31H43FN6OSi/c1-22(2)18-26(15-17-40(10,11)31(5,6)7)38(9)29(37(8)21-35-24(4)33)20-25-12-13-28(27(32)19-25)39-30-34-16-14-23(3)36-30/h12-14,16,18-19,21,29H,1,4,20,33H2,2-3,5-11H3/b26-18-,35-21-. The van der Waals surface area contributed by atoms with Crippen LogP contribution in [-0.4, -0.2) is 54.4 Å². The number of ether oxygens (including phenoxy) is 1. The smallest absolute Gasteiger partial charge is 0.322 e. The molecule has 0 amide bonds. The van der Waals surface area contributed by atoms with Crippen molar-refractivity contribution in [2.24, 2.45) is 10.7 Å². The van der Waals surface area contributed by atoms with Gasteiger partial charge in [-0.3, -0.25) is 0 Å². The number of allylic oxidation sites excluding steroid dienone is 3. The number of halogens is 1. The molecular weight excluding hydrogens is 519 g/mol. The number of nitrogens with zero attached hydrogens (tertiary/aromatic N) is 5. The van der Waals surface area contributed by atoms with E-state index in [-0.39, 0.29) is 28.8 Å². The summed E-state index contributed by atoms with van der Waals surface area (Å²) in [6.45, 7) is 22.7. The van der Waals surface area contributed by atoms with Crippen LogP contribution in [0.1, 0.15) is 39.0 Å². The first-order valence-corrected chi connectivity index (χ1v) is 16.1. The SMILES string of the molecule is C=C(C)/C=C(/C#C[Si](C)(C)C(C)(C)C)N(C)C(Cc1ccc(Oc2nccc(C)n2)c(F)c1)N(C)/C=N\C(=C)N. The molecule has 40 heavy (non-hydrogen) atoms. The Morgan fingerprint density at radius 3 is 2.48 bits per heavy atom. The quantitative estimate of drug-likeness (QED) is 0.0899. The largest absolute Gasteiger partial charge is 0.421 e. The summed E-state index contributed by atoms with van der Waals surface area (Å²) in [6.07, 6.45) is 5.32. The highest BCUT2D eigenvalue weighted by Crippen LogP contribution is 2.35. The van der Waals surface area contributed by atoms with Crippen molar-refractivity contribution < 1.29 is 9.13 Å². The maximum absolute atomic E-state index is 15.1. The molecule has 0 saturated carbocycles. The number of aryl methyl sites for hydroxylation is 1. The Morgan fingerprint density at radius 2 is 1.93 bits per heavy atom. The van der Waals surface area contributed by atoms with Gasteiger partial charge < -0.3 is 20.3 Å². The molecule has 0 aliphatic carbocycles. The second-order valence-electron chi connectivity index (χ2n) is 11.5. The van der Waals surface area contributed by atoms with Crippen molar-refractivity contribution in [1.82, 2.24) is 19.8 Å². The Kier molecular flexibility index (Phi) is 10.9. The molecule has 2 aromatic rings. The van der Waals surface area contributed by atoms with E-state index in [4.69, 9.17) is 10.5 Å². The van der Waals surface area contributed by atoms with Gasteiger partial charge in [0.05, 0.1) is 12.0 Å².